The third-order valence-electron chi connectivity index (χ3n) is 3.31. The van der Waals surface area contributed by atoms with Crippen molar-refractivity contribution in [2.75, 3.05) is 25.4 Å². The lowest BCUT2D eigenvalue weighted by Crippen LogP contribution is -2.57. The number of likely N-dealkylation sites (tertiary alicyclic amines) is 1. The molecule has 1 aromatic rings. The van der Waals surface area contributed by atoms with E-state index < -0.39 is 11.6 Å². The first kappa shape index (κ1) is 17.9. The smallest absolute Gasteiger partial charge is 0.410 e. The molecule has 0 aliphatic carbocycles. The van der Waals surface area contributed by atoms with E-state index in [0.29, 0.717) is 36.7 Å². The molecule has 132 valence electrons. The monoisotopic (exact) mass is 336 g/mol. The molecule has 2 rings (SSSR count). The van der Waals surface area contributed by atoms with E-state index in [0.717, 1.165) is 0 Å². The van der Waals surface area contributed by atoms with Crippen molar-refractivity contribution >= 4 is 17.7 Å². The van der Waals surface area contributed by atoms with Gasteiger partial charge in [0.1, 0.15) is 17.5 Å². The van der Waals surface area contributed by atoms with Gasteiger partial charge in [0.2, 0.25) is 0 Å². The average Bonchev–Trinajstić information content (AvgIpc) is 2.41. The molecule has 0 radical (unpaired) electrons. The number of amides is 1. The Balaban J connectivity index is 1.88. The summed E-state index contributed by atoms with van der Waals surface area (Å²) in [7, 11) is 0. The fourth-order valence-electron chi connectivity index (χ4n) is 2.16. The second-order valence-corrected chi connectivity index (χ2v) is 6.60. The van der Waals surface area contributed by atoms with Gasteiger partial charge in [-0.05, 0) is 45.9 Å². The normalized spacial score (nSPS) is 14.8. The van der Waals surface area contributed by atoms with Crippen LogP contribution >= 0.6 is 0 Å². The SMILES string of the molecule is CCOC(=O)c1ccc(OC2CN(C(=O)OC(C)(C)C)C2)c(N)c1. The van der Waals surface area contributed by atoms with Crippen molar-refractivity contribution in [3.63, 3.8) is 0 Å². The van der Waals surface area contributed by atoms with Gasteiger partial charge in [-0.3, -0.25) is 0 Å². The van der Waals surface area contributed by atoms with E-state index in [2.05, 4.69) is 0 Å². The Morgan fingerprint density at radius 3 is 2.50 bits per heavy atom. The zero-order valence-electron chi connectivity index (χ0n) is 14.5. The van der Waals surface area contributed by atoms with Crippen molar-refractivity contribution < 1.29 is 23.8 Å². The Hall–Kier alpha value is -2.44. The van der Waals surface area contributed by atoms with Gasteiger partial charge in [-0.15, -0.1) is 0 Å². The van der Waals surface area contributed by atoms with Crippen LogP contribution in [-0.4, -0.2) is 48.4 Å². The predicted molar refractivity (Wildman–Crippen MR) is 89.0 cm³/mol. The number of carbonyl (C=O) groups is 2. The van der Waals surface area contributed by atoms with Crippen molar-refractivity contribution in [3.05, 3.63) is 23.8 Å². The summed E-state index contributed by atoms with van der Waals surface area (Å²) < 4.78 is 16.0. The van der Waals surface area contributed by atoms with E-state index in [9.17, 15) is 9.59 Å². The number of hydrogen-bond donors (Lipinski definition) is 1. The van der Waals surface area contributed by atoms with Crippen LogP contribution in [0.4, 0.5) is 10.5 Å². The van der Waals surface area contributed by atoms with Crippen LogP contribution in [0.5, 0.6) is 5.75 Å². The Morgan fingerprint density at radius 2 is 1.96 bits per heavy atom. The zero-order valence-corrected chi connectivity index (χ0v) is 14.5. The fourth-order valence-corrected chi connectivity index (χ4v) is 2.16. The highest BCUT2D eigenvalue weighted by atomic mass is 16.6. The minimum Gasteiger partial charge on any atom is -0.485 e. The third kappa shape index (κ3) is 4.53. The highest BCUT2D eigenvalue weighted by molar-refractivity contribution is 5.91. The molecule has 7 nitrogen and oxygen atoms in total. The highest BCUT2D eigenvalue weighted by Gasteiger charge is 2.35. The minimum absolute atomic E-state index is 0.145. The van der Waals surface area contributed by atoms with Gasteiger partial charge < -0.3 is 24.8 Å². The average molecular weight is 336 g/mol. The molecule has 1 fully saturated rings. The largest absolute Gasteiger partial charge is 0.485 e. The minimum atomic E-state index is -0.517. The van der Waals surface area contributed by atoms with Crippen LogP contribution in [-0.2, 0) is 9.47 Å². The molecule has 24 heavy (non-hydrogen) atoms. The summed E-state index contributed by atoms with van der Waals surface area (Å²) in [5.74, 6) is 0.0624. The van der Waals surface area contributed by atoms with Gasteiger partial charge >= 0.3 is 12.1 Å². The van der Waals surface area contributed by atoms with Gasteiger partial charge in [0.15, 0.2) is 0 Å². The molecule has 0 atom stereocenters. The van der Waals surface area contributed by atoms with Crippen molar-refractivity contribution in [1.82, 2.24) is 4.90 Å². The number of carbonyl (C=O) groups excluding carboxylic acids is 2. The summed E-state index contributed by atoms with van der Waals surface area (Å²) in [6.07, 6.45) is -0.499. The summed E-state index contributed by atoms with van der Waals surface area (Å²) in [5, 5.41) is 0. The molecule has 1 aromatic carbocycles. The molecule has 2 N–H and O–H groups in total. The van der Waals surface area contributed by atoms with Crippen molar-refractivity contribution in [2.24, 2.45) is 0 Å². The molecule has 1 heterocycles. The number of ether oxygens (including phenoxy) is 3. The van der Waals surface area contributed by atoms with Gasteiger partial charge in [0.25, 0.3) is 0 Å². The number of rotatable bonds is 4. The molecule has 1 aliphatic rings. The molecule has 0 spiro atoms. The second-order valence-electron chi connectivity index (χ2n) is 6.60. The number of nitrogens with two attached hydrogens (primary N) is 1. The zero-order chi connectivity index (χ0) is 17.9. The maximum Gasteiger partial charge on any atom is 0.410 e. The molecule has 1 aliphatic heterocycles. The number of esters is 1. The lowest BCUT2D eigenvalue weighted by atomic mass is 10.1. The molecule has 7 heteroatoms. The van der Waals surface area contributed by atoms with Crippen LogP contribution in [0.25, 0.3) is 0 Å². The van der Waals surface area contributed by atoms with E-state index in [1.54, 1.807) is 24.0 Å². The van der Waals surface area contributed by atoms with Crippen LogP contribution in [0.3, 0.4) is 0 Å². The standard InChI is InChI=1S/C17H24N2O5/c1-5-22-15(20)11-6-7-14(13(18)8-11)23-12-9-19(10-12)16(21)24-17(2,3)4/h6-8,12H,5,9-10,18H2,1-4H3. The summed E-state index contributed by atoms with van der Waals surface area (Å²) >= 11 is 0. The molecule has 1 saturated heterocycles. The second kappa shape index (κ2) is 6.98. The van der Waals surface area contributed by atoms with E-state index in [-0.39, 0.29) is 12.2 Å². The predicted octanol–water partition coefficient (Wildman–Crippen LogP) is 2.44. The number of benzene rings is 1. The first-order chi connectivity index (χ1) is 11.2. The first-order valence-electron chi connectivity index (χ1n) is 7.91. The van der Waals surface area contributed by atoms with Crippen LogP contribution < -0.4 is 10.5 Å². The summed E-state index contributed by atoms with van der Waals surface area (Å²) in [6, 6.07) is 4.77. The lowest BCUT2D eigenvalue weighted by molar-refractivity contribution is -0.0219. The van der Waals surface area contributed by atoms with Gasteiger partial charge in [-0.2, -0.15) is 0 Å². The fraction of sp³-hybridized carbons (Fsp3) is 0.529. The lowest BCUT2D eigenvalue weighted by Gasteiger charge is -2.39. The Morgan fingerprint density at radius 1 is 1.29 bits per heavy atom. The van der Waals surface area contributed by atoms with Gasteiger partial charge in [0, 0.05) is 0 Å². The Kier molecular flexibility index (Phi) is 5.21. The summed E-state index contributed by atoms with van der Waals surface area (Å²) in [6.45, 7) is 8.40. The van der Waals surface area contributed by atoms with Crippen molar-refractivity contribution in [2.45, 2.75) is 39.4 Å². The molecule has 0 bridgehead atoms. The molecule has 0 unspecified atom stereocenters. The maximum absolute atomic E-state index is 11.9. The number of anilines is 1. The van der Waals surface area contributed by atoms with Crippen LogP contribution in [0.2, 0.25) is 0 Å². The van der Waals surface area contributed by atoms with E-state index >= 15 is 0 Å². The topological polar surface area (TPSA) is 91.1 Å². The Labute approximate surface area is 141 Å². The summed E-state index contributed by atoms with van der Waals surface area (Å²) in [5.41, 5.74) is 6.14. The van der Waals surface area contributed by atoms with E-state index in [1.807, 2.05) is 20.8 Å². The molecular formula is C17H24N2O5. The van der Waals surface area contributed by atoms with Crippen LogP contribution in [0, 0.1) is 0 Å². The van der Waals surface area contributed by atoms with Crippen molar-refractivity contribution in [3.8, 4) is 5.75 Å². The van der Waals surface area contributed by atoms with Gasteiger partial charge in [-0.25, -0.2) is 9.59 Å². The number of hydrogen-bond acceptors (Lipinski definition) is 6. The molecule has 0 saturated carbocycles. The van der Waals surface area contributed by atoms with Crippen LogP contribution in [0.15, 0.2) is 18.2 Å². The Bertz CT molecular complexity index is 618. The van der Waals surface area contributed by atoms with Crippen molar-refractivity contribution in [1.29, 1.82) is 0 Å². The number of nitrogens with zero attached hydrogens (tertiary/aromatic N) is 1. The molecule has 1 amide bonds. The number of nitrogen functional groups attached to an aromatic ring is 1. The third-order valence-corrected chi connectivity index (χ3v) is 3.31. The first-order valence-corrected chi connectivity index (χ1v) is 7.91. The van der Waals surface area contributed by atoms with E-state index in [4.69, 9.17) is 19.9 Å². The van der Waals surface area contributed by atoms with Crippen LogP contribution in [0.1, 0.15) is 38.1 Å². The molecular weight excluding hydrogens is 312 g/mol. The molecule has 0 aromatic heterocycles. The summed E-state index contributed by atoms with van der Waals surface area (Å²) in [4.78, 5) is 25.1. The quantitative estimate of drug-likeness (QED) is 0.671. The maximum atomic E-state index is 11.9. The van der Waals surface area contributed by atoms with E-state index in [1.165, 1.54) is 6.07 Å². The highest BCUT2D eigenvalue weighted by Crippen LogP contribution is 2.27. The van der Waals surface area contributed by atoms with Gasteiger partial charge in [-0.1, -0.05) is 0 Å². The van der Waals surface area contributed by atoms with Gasteiger partial charge in [0.05, 0.1) is 30.9 Å².